The minimum Gasteiger partial charge on any atom is -0.486 e. The first-order chi connectivity index (χ1) is 15.0. The van der Waals surface area contributed by atoms with Crippen LogP contribution in [0.4, 0.5) is 11.4 Å². The minimum absolute atomic E-state index is 0.199. The Balaban J connectivity index is 1.49. The summed E-state index contributed by atoms with van der Waals surface area (Å²) in [5.41, 5.74) is 2.00. The SMILES string of the molecule is CCCC(=O)N1CCN(c2ccc(Cl)cc2NC(=O)c2ccc3c(c2)OCCO3)CC1. The maximum Gasteiger partial charge on any atom is 0.255 e. The standard InChI is InChI=1S/C23H26ClN3O4/c1-2-3-22(28)27-10-8-26(9-11-27)19-6-5-17(24)15-18(19)25-23(29)16-4-7-20-21(14-16)31-13-12-30-20/h4-7,14-15H,2-3,8-13H2,1H3,(H,25,29). The van der Waals surface area contributed by atoms with E-state index in [4.69, 9.17) is 21.1 Å². The predicted octanol–water partition coefficient (Wildman–Crippen LogP) is 3.81. The second-order valence-electron chi connectivity index (χ2n) is 7.59. The fourth-order valence-corrected chi connectivity index (χ4v) is 4.00. The van der Waals surface area contributed by atoms with Gasteiger partial charge in [0.2, 0.25) is 5.91 Å². The minimum atomic E-state index is -0.253. The van der Waals surface area contributed by atoms with Crippen molar-refractivity contribution in [1.82, 2.24) is 4.90 Å². The summed E-state index contributed by atoms with van der Waals surface area (Å²) in [5, 5.41) is 3.52. The van der Waals surface area contributed by atoms with Gasteiger partial charge in [-0.15, -0.1) is 0 Å². The van der Waals surface area contributed by atoms with Crippen LogP contribution in [-0.4, -0.2) is 56.1 Å². The topological polar surface area (TPSA) is 71.1 Å². The van der Waals surface area contributed by atoms with E-state index < -0.39 is 0 Å². The highest BCUT2D eigenvalue weighted by molar-refractivity contribution is 6.31. The summed E-state index contributed by atoms with van der Waals surface area (Å²) in [7, 11) is 0. The van der Waals surface area contributed by atoms with Crippen LogP contribution in [0.25, 0.3) is 0 Å². The molecule has 2 amide bonds. The zero-order chi connectivity index (χ0) is 21.8. The molecule has 0 aromatic heterocycles. The van der Waals surface area contributed by atoms with Gasteiger partial charge in [0.25, 0.3) is 5.91 Å². The molecule has 7 nitrogen and oxygen atoms in total. The van der Waals surface area contributed by atoms with E-state index in [1.165, 1.54) is 0 Å². The number of carbonyl (C=O) groups is 2. The lowest BCUT2D eigenvalue weighted by Gasteiger charge is -2.37. The van der Waals surface area contributed by atoms with Crippen molar-refractivity contribution >= 4 is 34.8 Å². The van der Waals surface area contributed by atoms with Gasteiger partial charge in [-0.1, -0.05) is 18.5 Å². The molecule has 2 heterocycles. The largest absolute Gasteiger partial charge is 0.486 e. The van der Waals surface area contributed by atoms with Crippen LogP contribution in [-0.2, 0) is 4.79 Å². The van der Waals surface area contributed by atoms with E-state index in [1.54, 1.807) is 24.3 Å². The number of benzene rings is 2. The van der Waals surface area contributed by atoms with Crippen molar-refractivity contribution in [2.45, 2.75) is 19.8 Å². The van der Waals surface area contributed by atoms with Crippen LogP contribution < -0.4 is 19.7 Å². The van der Waals surface area contributed by atoms with E-state index >= 15 is 0 Å². The Morgan fingerprint density at radius 1 is 1.00 bits per heavy atom. The molecule has 0 radical (unpaired) electrons. The van der Waals surface area contributed by atoms with Gasteiger partial charge in [-0.25, -0.2) is 0 Å². The molecule has 31 heavy (non-hydrogen) atoms. The van der Waals surface area contributed by atoms with Crippen LogP contribution in [0.5, 0.6) is 11.5 Å². The lowest BCUT2D eigenvalue weighted by atomic mass is 10.1. The van der Waals surface area contributed by atoms with E-state index in [-0.39, 0.29) is 11.8 Å². The Bertz CT molecular complexity index is 973. The molecule has 0 atom stereocenters. The van der Waals surface area contributed by atoms with Crippen LogP contribution in [0.1, 0.15) is 30.1 Å². The zero-order valence-electron chi connectivity index (χ0n) is 17.5. The lowest BCUT2D eigenvalue weighted by molar-refractivity contribution is -0.131. The van der Waals surface area contributed by atoms with Gasteiger partial charge in [0.05, 0.1) is 11.4 Å². The summed E-state index contributed by atoms with van der Waals surface area (Å²) in [4.78, 5) is 29.2. The molecule has 0 bridgehead atoms. The van der Waals surface area contributed by atoms with Crippen molar-refractivity contribution in [2.75, 3.05) is 49.6 Å². The maximum absolute atomic E-state index is 12.9. The number of halogens is 1. The van der Waals surface area contributed by atoms with Gasteiger partial charge in [0.1, 0.15) is 13.2 Å². The molecule has 0 aliphatic carbocycles. The van der Waals surface area contributed by atoms with Crippen molar-refractivity contribution in [3.63, 3.8) is 0 Å². The number of fused-ring (bicyclic) bond motifs is 1. The average molecular weight is 444 g/mol. The second kappa shape index (κ2) is 9.47. The summed E-state index contributed by atoms with van der Waals surface area (Å²) in [6.07, 6.45) is 1.43. The van der Waals surface area contributed by atoms with Crippen LogP contribution in [0.3, 0.4) is 0 Å². The fourth-order valence-electron chi connectivity index (χ4n) is 3.83. The quantitative estimate of drug-likeness (QED) is 0.760. The zero-order valence-corrected chi connectivity index (χ0v) is 18.3. The number of nitrogens with zero attached hydrogens (tertiary/aromatic N) is 2. The number of carbonyl (C=O) groups excluding carboxylic acids is 2. The first-order valence-corrected chi connectivity index (χ1v) is 11.0. The van der Waals surface area contributed by atoms with Crippen LogP contribution >= 0.6 is 11.6 Å². The van der Waals surface area contributed by atoms with E-state index in [1.807, 2.05) is 24.0 Å². The number of rotatable bonds is 5. The molecule has 4 rings (SSSR count). The molecule has 0 unspecified atom stereocenters. The highest BCUT2D eigenvalue weighted by Gasteiger charge is 2.23. The molecule has 0 saturated carbocycles. The van der Waals surface area contributed by atoms with E-state index in [0.29, 0.717) is 73.6 Å². The van der Waals surface area contributed by atoms with Gasteiger partial charge >= 0.3 is 0 Å². The second-order valence-corrected chi connectivity index (χ2v) is 8.03. The first kappa shape index (κ1) is 21.3. The Kier molecular flexibility index (Phi) is 6.51. The summed E-state index contributed by atoms with van der Waals surface area (Å²) < 4.78 is 11.1. The molecule has 2 aromatic carbocycles. The number of hydrogen-bond acceptors (Lipinski definition) is 5. The molecule has 2 aliphatic heterocycles. The summed E-state index contributed by atoms with van der Waals surface area (Å²) in [6, 6.07) is 10.6. The maximum atomic E-state index is 12.9. The number of nitrogens with one attached hydrogen (secondary N) is 1. The molecule has 1 saturated heterocycles. The summed E-state index contributed by atoms with van der Waals surface area (Å²) in [5.74, 6) is 1.16. The highest BCUT2D eigenvalue weighted by atomic mass is 35.5. The van der Waals surface area contributed by atoms with Gasteiger partial charge in [-0.2, -0.15) is 0 Å². The van der Waals surface area contributed by atoms with Gasteiger partial charge in [0.15, 0.2) is 11.5 Å². The van der Waals surface area contributed by atoms with Crippen molar-refractivity contribution in [2.24, 2.45) is 0 Å². The molecule has 2 aromatic rings. The summed E-state index contributed by atoms with van der Waals surface area (Å²) in [6.45, 7) is 5.70. The summed E-state index contributed by atoms with van der Waals surface area (Å²) >= 11 is 6.22. The van der Waals surface area contributed by atoms with Crippen LogP contribution in [0, 0.1) is 0 Å². The fraction of sp³-hybridized carbons (Fsp3) is 0.391. The Hall–Kier alpha value is -2.93. The van der Waals surface area contributed by atoms with E-state index in [0.717, 1.165) is 12.1 Å². The van der Waals surface area contributed by atoms with Gasteiger partial charge in [0, 0.05) is 43.2 Å². The molecular weight excluding hydrogens is 418 g/mol. The predicted molar refractivity (Wildman–Crippen MR) is 121 cm³/mol. The highest BCUT2D eigenvalue weighted by Crippen LogP contribution is 2.33. The Morgan fingerprint density at radius 2 is 1.74 bits per heavy atom. The Labute approximate surface area is 186 Å². The molecule has 2 aliphatic rings. The smallest absolute Gasteiger partial charge is 0.255 e. The van der Waals surface area contributed by atoms with Gasteiger partial charge < -0.3 is 24.6 Å². The Morgan fingerprint density at radius 3 is 2.48 bits per heavy atom. The number of piperazine rings is 1. The average Bonchev–Trinajstić information content (AvgIpc) is 2.79. The molecular formula is C23H26ClN3O4. The third-order valence-corrected chi connectivity index (χ3v) is 5.68. The molecule has 0 spiro atoms. The number of ether oxygens (including phenoxy) is 2. The number of anilines is 2. The van der Waals surface area contributed by atoms with Crippen LogP contribution in [0.2, 0.25) is 5.02 Å². The molecule has 164 valence electrons. The van der Waals surface area contributed by atoms with Crippen LogP contribution in [0.15, 0.2) is 36.4 Å². The van der Waals surface area contributed by atoms with Crippen molar-refractivity contribution < 1.29 is 19.1 Å². The molecule has 8 heteroatoms. The first-order valence-electron chi connectivity index (χ1n) is 10.6. The third kappa shape index (κ3) is 4.88. The van der Waals surface area contributed by atoms with Crippen molar-refractivity contribution in [1.29, 1.82) is 0 Å². The van der Waals surface area contributed by atoms with Crippen molar-refractivity contribution in [3.8, 4) is 11.5 Å². The van der Waals surface area contributed by atoms with E-state index in [2.05, 4.69) is 10.2 Å². The third-order valence-electron chi connectivity index (χ3n) is 5.45. The number of hydrogen-bond donors (Lipinski definition) is 1. The van der Waals surface area contributed by atoms with Crippen molar-refractivity contribution in [3.05, 3.63) is 47.0 Å². The lowest BCUT2D eigenvalue weighted by Crippen LogP contribution is -2.48. The molecule has 1 fully saturated rings. The molecule has 1 N–H and O–H groups in total. The van der Waals surface area contributed by atoms with Gasteiger partial charge in [-0.05, 0) is 42.8 Å². The normalized spacial score (nSPS) is 15.5. The number of amides is 2. The van der Waals surface area contributed by atoms with E-state index in [9.17, 15) is 9.59 Å². The van der Waals surface area contributed by atoms with Gasteiger partial charge in [-0.3, -0.25) is 9.59 Å². The monoisotopic (exact) mass is 443 g/mol.